The van der Waals surface area contributed by atoms with E-state index in [1.165, 1.54) is 50.5 Å². The van der Waals surface area contributed by atoms with Crippen LogP contribution in [0.25, 0.3) is 0 Å². The SMILES string of the molecule is CC[C@@H](C)Cc1cccc(OCC2CCCCCC2)c1. The van der Waals surface area contributed by atoms with E-state index in [2.05, 4.69) is 38.1 Å². The number of rotatable bonds is 6. The molecule has 1 nitrogen and oxygen atoms in total. The molecule has 20 heavy (non-hydrogen) atoms. The van der Waals surface area contributed by atoms with Gasteiger partial charge in [0.15, 0.2) is 0 Å². The predicted octanol–water partition coefficient (Wildman–Crippen LogP) is 5.62. The molecule has 112 valence electrons. The van der Waals surface area contributed by atoms with Crippen LogP contribution in [0.2, 0.25) is 0 Å². The minimum absolute atomic E-state index is 0.757. The highest BCUT2D eigenvalue weighted by molar-refractivity contribution is 5.28. The Morgan fingerprint density at radius 1 is 1.15 bits per heavy atom. The summed E-state index contributed by atoms with van der Waals surface area (Å²) < 4.78 is 6.06. The molecule has 1 aromatic rings. The third-order valence-electron chi connectivity index (χ3n) is 4.64. The van der Waals surface area contributed by atoms with Gasteiger partial charge in [-0.1, -0.05) is 58.1 Å². The van der Waals surface area contributed by atoms with E-state index < -0.39 is 0 Å². The Kier molecular flexibility index (Phi) is 6.42. The number of ether oxygens (including phenoxy) is 1. The minimum Gasteiger partial charge on any atom is -0.493 e. The predicted molar refractivity (Wildman–Crippen MR) is 86.3 cm³/mol. The fourth-order valence-corrected chi connectivity index (χ4v) is 3.05. The summed E-state index contributed by atoms with van der Waals surface area (Å²) in [6, 6.07) is 8.71. The van der Waals surface area contributed by atoms with Gasteiger partial charge in [0.2, 0.25) is 0 Å². The Labute approximate surface area is 124 Å². The first-order chi connectivity index (χ1) is 9.78. The molecule has 1 aliphatic rings. The van der Waals surface area contributed by atoms with Crippen LogP contribution in [-0.4, -0.2) is 6.61 Å². The van der Waals surface area contributed by atoms with E-state index in [0.29, 0.717) is 0 Å². The van der Waals surface area contributed by atoms with Gasteiger partial charge in [-0.25, -0.2) is 0 Å². The molecule has 0 spiro atoms. The van der Waals surface area contributed by atoms with Gasteiger partial charge in [-0.2, -0.15) is 0 Å². The molecule has 0 heterocycles. The van der Waals surface area contributed by atoms with Crippen molar-refractivity contribution in [2.45, 2.75) is 65.2 Å². The van der Waals surface area contributed by atoms with Crippen molar-refractivity contribution in [3.05, 3.63) is 29.8 Å². The third-order valence-corrected chi connectivity index (χ3v) is 4.64. The Bertz CT molecular complexity index is 377. The summed E-state index contributed by atoms with van der Waals surface area (Å²) in [5, 5.41) is 0. The zero-order chi connectivity index (χ0) is 14.2. The van der Waals surface area contributed by atoms with Crippen LogP contribution in [-0.2, 0) is 6.42 Å². The van der Waals surface area contributed by atoms with Gasteiger partial charge in [0, 0.05) is 0 Å². The lowest BCUT2D eigenvalue weighted by Gasteiger charge is -2.16. The van der Waals surface area contributed by atoms with Gasteiger partial charge >= 0.3 is 0 Å². The summed E-state index contributed by atoms with van der Waals surface area (Å²) in [5.74, 6) is 2.60. The van der Waals surface area contributed by atoms with Crippen molar-refractivity contribution in [3.8, 4) is 5.75 Å². The molecular formula is C19H30O. The molecule has 2 rings (SSSR count). The lowest BCUT2D eigenvalue weighted by molar-refractivity contribution is 0.233. The van der Waals surface area contributed by atoms with Crippen LogP contribution in [0, 0.1) is 11.8 Å². The smallest absolute Gasteiger partial charge is 0.119 e. The topological polar surface area (TPSA) is 9.23 Å². The second-order valence-corrected chi connectivity index (χ2v) is 6.53. The Morgan fingerprint density at radius 3 is 2.60 bits per heavy atom. The quantitative estimate of drug-likeness (QED) is 0.611. The second-order valence-electron chi connectivity index (χ2n) is 6.53. The van der Waals surface area contributed by atoms with Crippen molar-refractivity contribution >= 4 is 0 Å². The second kappa shape index (κ2) is 8.34. The molecule has 0 saturated heterocycles. The molecule has 0 bridgehead atoms. The normalized spacial score (nSPS) is 18.5. The molecule has 1 atom stereocenters. The molecular weight excluding hydrogens is 244 g/mol. The maximum atomic E-state index is 6.06. The van der Waals surface area contributed by atoms with Crippen molar-refractivity contribution in [3.63, 3.8) is 0 Å². The number of hydrogen-bond acceptors (Lipinski definition) is 1. The largest absolute Gasteiger partial charge is 0.493 e. The Balaban J connectivity index is 1.84. The minimum atomic E-state index is 0.757. The lowest BCUT2D eigenvalue weighted by atomic mass is 9.99. The highest BCUT2D eigenvalue weighted by atomic mass is 16.5. The Morgan fingerprint density at radius 2 is 1.90 bits per heavy atom. The maximum absolute atomic E-state index is 6.06. The molecule has 1 heteroatoms. The molecule has 0 aliphatic heterocycles. The van der Waals surface area contributed by atoms with Gasteiger partial charge in [0.1, 0.15) is 5.75 Å². The van der Waals surface area contributed by atoms with E-state index in [0.717, 1.165) is 30.6 Å². The van der Waals surface area contributed by atoms with E-state index in [4.69, 9.17) is 4.74 Å². The van der Waals surface area contributed by atoms with Crippen molar-refractivity contribution < 1.29 is 4.74 Å². The Hall–Kier alpha value is -0.980. The summed E-state index contributed by atoms with van der Waals surface area (Å²) in [6.07, 6.45) is 10.7. The fourth-order valence-electron chi connectivity index (χ4n) is 3.05. The summed E-state index contributed by atoms with van der Waals surface area (Å²) in [4.78, 5) is 0. The molecule has 1 aromatic carbocycles. The first-order valence-corrected chi connectivity index (χ1v) is 8.49. The zero-order valence-electron chi connectivity index (χ0n) is 13.2. The van der Waals surface area contributed by atoms with Crippen LogP contribution in [0.5, 0.6) is 5.75 Å². The monoisotopic (exact) mass is 274 g/mol. The molecule has 1 aliphatic carbocycles. The fraction of sp³-hybridized carbons (Fsp3) is 0.684. The molecule has 0 aromatic heterocycles. The van der Waals surface area contributed by atoms with E-state index >= 15 is 0 Å². The van der Waals surface area contributed by atoms with Gasteiger partial charge in [0.05, 0.1) is 6.61 Å². The summed E-state index contributed by atoms with van der Waals surface area (Å²) in [5.41, 5.74) is 1.41. The highest BCUT2D eigenvalue weighted by Crippen LogP contribution is 2.24. The van der Waals surface area contributed by atoms with Crippen LogP contribution in [0.1, 0.15) is 64.4 Å². The molecule has 1 saturated carbocycles. The van der Waals surface area contributed by atoms with E-state index in [9.17, 15) is 0 Å². The average Bonchev–Trinajstić information content (AvgIpc) is 2.74. The molecule has 0 radical (unpaired) electrons. The lowest BCUT2D eigenvalue weighted by Crippen LogP contribution is -2.11. The van der Waals surface area contributed by atoms with Crippen molar-refractivity contribution in [1.82, 2.24) is 0 Å². The van der Waals surface area contributed by atoms with Gasteiger partial charge in [0.25, 0.3) is 0 Å². The van der Waals surface area contributed by atoms with E-state index in [1.807, 2.05) is 0 Å². The first-order valence-electron chi connectivity index (χ1n) is 8.49. The first kappa shape index (κ1) is 15.4. The van der Waals surface area contributed by atoms with E-state index in [-0.39, 0.29) is 0 Å². The van der Waals surface area contributed by atoms with Crippen molar-refractivity contribution in [2.75, 3.05) is 6.61 Å². The molecule has 1 fully saturated rings. The summed E-state index contributed by atoms with van der Waals surface area (Å²) in [6.45, 7) is 5.49. The standard InChI is InChI=1S/C19H30O/c1-3-16(2)13-18-11-8-12-19(14-18)20-15-17-9-6-4-5-7-10-17/h8,11-12,14,16-17H,3-7,9-10,13,15H2,1-2H3/t16-/m1/s1. The van der Waals surface area contributed by atoms with Crippen molar-refractivity contribution in [1.29, 1.82) is 0 Å². The summed E-state index contributed by atoms with van der Waals surface area (Å²) >= 11 is 0. The van der Waals surface area contributed by atoms with Gasteiger partial charge in [-0.3, -0.25) is 0 Å². The number of hydrogen-bond donors (Lipinski definition) is 0. The molecule has 0 unspecified atom stereocenters. The van der Waals surface area contributed by atoms with Crippen molar-refractivity contribution in [2.24, 2.45) is 11.8 Å². The zero-order valence-corrected chi connectivity index (χ0v) is 13.2. The van der Waals surface area contributed by atoms with Crippen LogP contribution in [0.15, 0.2) is 24.3 Å². The van der Waals surface area contributed by atoms with Crippen LogP contribution >= 0.6 is 0 Å². The van der Waals surface area contributed by atoms with Gasteiger partial charge in [-0.05, 0) is 48.8 Å². The molecule has 0 N–H and O–H groups in total. The van der Waals surface area contributed by atoms with E-state index in [1.54, 1.807) is 0 Å². The third kappa shape index (κ3) is 5.19. The number of benzene rings is 1. The van der Waals surface area contributed by atoms with Crippen LogP contribution in [0.4, 0.5) is 0 Å². The van der Waals surface area contributed by atoms with Gasteiger partial charge in [-0.15, -0.1) is 0 Å². The van der Waals surface area contributed by atoms with Crippen LogP contribution < -0.4 is 4.74 Å². The maximum Gasteiger partial charge on any atom is 0.119 e. The highest BCUT2D eigenvalue weighted by Gasteiger charge is 2.13. The van der Waals surface area contributed by atoms with Crippen LogP contribution in [0.3, 0.4) is 0 Å². The summed E-state index contributed by atoms with van der Waals surface area (Å²) in [7, 11) is 0. The molecule has 0 amide bonds. The van der Waals surface area contributed by atoms with Gasteiger partial charge < -0.3 is 4.74 Å². The average molecular weight is 274 g/mol.